The van der Waals surface area contributed by atoms with Gasteiger partial charge in [0.05, 0.1) is 23.3 Å². The van der Waals surface area contributed by atoms with Crippen LogP contribution in [0, 0.1) is 15.9 Å². The molecule has 0 radical (unpaired) electrons. The summed E-state index contributed by atoms with van der Waals surface area (Å²) in [4.78, 5) is 19.7. The molecule has 0 aliphatic rings. The van der Waals surface area contributed by atoms with Crippen LogP contribution in [0.1, 0.15) is 6.42 Å². The van der Waals surface area contributed by atoms with Crippen molar-refractivity contribution in [2.45, 2.75) is 11.3 Å². The number of aliphatic carboxylic acids is 1. The monoisotopic (exact) mass is 336 g/mol. The van der Waals surface area contributed by atoms with Crippen LogP contribution >= 0.6 is 0 Å². The van der Waals surface area contributed by atoms with E-state index in [-0.39, 0.29) is 6.54 Å². The Balaban J connectivity index is 3.31. The lowest BCUT2D eigenvalue weighted by Crippen LogP contribution is -2.29. The molecule has 0 spiro atoms. The highest BCUT2D eigenvalue weighted by Gasteiger charge is 2.28. The number of sulfonamides is 1. The van der Waals surface area contributed by atoms with Crippen molar-refractivity contribution in [3.8, 4) is 5.75 Å². The predicted molar refractivity (Wildman–Crippen MR) is 71.7 cm³/mol. The first-order valence-electron chi connectivity index (χ1n) is 5.81. The number of benzene rings is 1. The zero-order valence-corrected chi connectivity index (χ0v) is 12.5. The van der Waals surface area contributed by atoms with E-state index in [1.807, 2.05) is 0 Å². The van der Waals surface area contributed by atoms with E-state index in [0.717, 1.165) is 14.2 Å². The summed E-state index contributed by atoms with van der Waals surface area (Å²) >= 11 is 0. The Morgan fingerprint density at radius 3 is 2.55 bits per heavy atom. The molecule has 1 N–H and O–H groups in total. The van der Waals surface area contributed by atoms with Gasteiger partial charge < -0.3 is 9.84 Å². The number of ether oxygens (including phenoxy) is 1. The Morgan fingerprint density at radius 2 is 2.09 bits per heavy atom. The molecule has 122 valence electrons. The molecule has 22 heavy (non-hydrogen) atoms. The van der Waals surface area contributed by atoms with E-state index >= 15 is 0 Å². The summed E-state index contributed by atoms with van der Waals surface area (Å²) < 4.78 is 43.3. The standard InChI is InChI=1S/C11H13FN2O7S/c1-13(4-3-10(15)16)22(19,20)7-5-8(12)11(21-2)9(6-7)14(17)18/h5-6H,3-4H2,1-2H3,(H,15,16). The maximum absolute atomic E-state index is 13.8. The number of nitrogens with zero attached hydrogens (tertiary/aromatic N) is 2. The number of nitro groups is 1. The van der Waals surface area contributed by atoms with Gasteiger partial charge in [-0.1, -0.05) is 0 Å². The molecule has 0 fully saturated rings. The van der Waals surface area contributed by atoms with E-state index in [4.69, 9.17) is 5.11 Å². The van der Waals surface area contributed by atoms with Gasteiger partial charge in [-0.3, -0.25) is 14.9 Å². The van der Waals surface area contributed by atoms with Crippen molar-refractivity contribution in [3.63, 3.8) is 0 Å². The zero-order valence-electron chi connectivity index (χ0n) is 11.6. The number of hydrogen-bond donors (Lipinski definition) is 1. The van der Waals surface area contributed by atoms with Gasteiger partial charge in [0, 0.05) is 19.7 Å². The van der Waals surface area contributed by atoms with Crippen molar-refractivity contribution < 1.29 is 32.4 Å². The van der Waals surface area contributed by atoms with Crippen molar-refractivity contribution in [1.82, 2.24) is 4.31 Å². The van der Waals surface area contributed by atoms with Crippen LogP contribution in [0.3, 0.4) is 0 Å². The zero-order chi connectivity index (χ0) is 17.1. The summed E-state index contributed by atoms with van der Waals surface area (Å²) in [5, 5.41) is 19.4. The largest absolute Gasteiger partial charge is 0.488 e. The first-order valence-corrected chi connectivity index (χ1v) is 7.25. The number of hydrogen-bond acceptors (Lipinski definition) is 6. The summed E-state index contributed by atoms with van der Waals surface area (Å²) in [6.45, 7) is -0.362. The van der Waals surface area contributed by atoms with Crippen LogP contribution in [0.4, 0.5) is 10.1 Å². The fourth-order valence-electron chi connectivity index (χ4n) is 1.59. The number of rotatable bonds is 7. The van der Waals surface area contributed by atoms with Gasteiger partial charge in [0.1, 0.15) is 0 Å². The van der Waals surface area contributed by atoms with Crippen molar-refractivity contribution in [2.24, 2.45) is 0 Å². The van der Waals surface area contributed by atoms with Crippen LogP contribution in [0.2, 0.25) is 0 Å². The fraction of sp³-hybridized carbons (Fsp3) is 0.364. The molecule has 0 heterocycles. The van der Waals surface area contributed by atoms with Crippen LogP contribution in [-0.2, 0) is 14.8 Å². The number of carboxylic acid groups (broad SMARTS) is 1. The van der Waals surface area contributed by atoms with Crippen LogP contribution < -0.4 is 4.74 Å². The lowest BCUT2D eigenvalue weighted by Gasteiger charge is -2.16. The topological polar surface area (TPSA) is 127 Å². The Kier molecular flexibility index (Phi) is 5.38. The number of halogens is 1. The maximum Gasteiger partial charge on any atom is 0.315 e. The SMILES string of the molecule is COc1c(F)cc(S(=O)(=O)N(C)CCC(=O)O)cc1[N+](=O)[O-]. The number of nitro benzene ring substituents is 1. The average Bonchev–Trinajstić information content (AvgIpc) is 2.43. The highest BCUT2D eigenvalue weighted by atomic mass is 32.2. The second kappa shape index (κ2) is 6.66. The molecule has 0 bridgehead atoms. The second-order valence-electron chi connectivity index (χ2n) is 4.18. The lowest BCUT2D eigenvalue weighted by atomic mass is 10.3. The molecule has 0 saturated heterocycles. The number of carbonyl (C=O) groups is 1. The van der Waals surface area contributed by atoms with Crippen LogP contribution in [0.15, 0.2) is 17.0 Å². The second-order valence-corrected chi connectivity index (χ2v) is 6.23. The minimum absolute atomic E-state index is 0.362. The van der Waals surface area contributed by atoms with Crippen LogP contribution in [0.5, 0.6) is 5.75 Å². The smallest absolute Gasteiger partial charge is 0.315 e. The van der Waals surface area contributed by atoms with E-state index in [0.29, 0.717) is 16.4 Å². The van der Waals surface area contributed by atoms with Gasteiger partial charge in [-0.25, -0.2) is 17.1 Å². The summed E-state index contributed by atoms with van der Waals surface area (Å²) in [7, 11) is -2.17. The predicted octanol–water partition coefficient (Wildman–Crippen LogP) is 0.838. The summed E-state index contributed by atoms with van der Waals surface area (Å²) in [5.74, 6) is -3.10. The van der Waals surface area contributed by atoms with Gasteiger partial charge in [0.2, 0.25) is 15.8 Å². The van der Waals surface area contributed by atoms with Crippen molar-refractivity contribution in [1.29, 1.82) is 0 Å². The highest BCUT2D eigenvalue weighted by Crippen LogP contribution is 2.33. The van der Waals surface area contributed by atoms with E-state index in [1.54, 1.807) is 0 Å². The number of methoxy groups -OCH3 is 1. The Hall–Kier alpha value is -2.27. The maximum atomic E-state index is 13.8. The molecular weight excluding hydrogens is 323 g/mol. The Bertz CT molecular complexity index is 705. The number of carboxylic acids is 1. The summed E-state index contributed by atoms with van der Waals surface area (Å²) in [5.41, 5.74) is -0.840. The fourth-order valence-corrected chi connectivity index (χ4v) is 2.80. The average molecular weight is 336 g/mol. The molecule has 1 rings (SSSR count). The Morgan fingerprint density at radius 1 is 1.50 bits per heavy atom. The van der Waals surface area contributed by atoms with E-state index in [9.17, 15) is 27.7 Å². The molecule has 0 aromatic heterocycles. The third-order valence-electron chi connectivity index (χ3n) is 2.75. The molecule has 11 heteroatoms. The molecule has 0 aliphatic carbocycles. The lowest BCUT2D eigenvalue weighted by molar-refractivity contribution is -0.386. The molecule has 1 aromatic carbocycles. The van der Waals surface area contributed by atoms with Gasteiger partial charge in [-0.05, 0) is 6.07 Å². The molecular formula is C11H13FN2O7S. The van der Waals surface area contributed by atoms with Crippen LogP contribution in [0.25, 0.3) is 0 Å². The van der Waals surface area contributed by atoms with Gasteiger partial charge in [0.25, 0.3) is 0 Å². The van der Waals surface area contributed by atoms with Crippen molar-refractivity contribution in [3.05, 3.63) is 28.1 Å². The van der Waals surface area contributed by atoms with E-state index in [2.05, 4.69) is 4.74 Å². The first-order chi connectivity index (χ1) is 10.1. The molecule has 9 nitrogen and oxygen atoms in total. The Labute approximate surface area is 125 Å². The van der Waals surface area contributed by atoms with Crippen molar-refractivity contribution in [2.75, 3.05) is 20.7 Å². The van der Waals surface area contributed by atoms with Gasteiger partial charge >= 0.3 is 11.7 Å². The van der Waals surface area contributed by atoms with Crippen LogP contribution in [-0.4, -0.2) is 49.4 Å². The molecule has 0 saturated carbocycles. The molecule has 0 unspecified atom stereocenters. The third kappa shape index (κ3) is 3.68. The summed E-state index contributed by atoms with van der Waals surface area (Å²) in [6, 6.07) is 1.24. The molecule has 1 aromatic rings. The third-order valence-corrected chi connectivity index (χ3v) is 4.58. The normalized spacial score (nSPS) is 11.5. The molecule has 0 amide bonds. The van der Waals surface area contributed by atoms with Gasteiger partial charge in [0.15, 0.2) is 5.82 Å². The van der Waals surface area contributed by atoms with E-state index < -0.39 is 49.5 Å². The van der Waals surface area contributed by atoms with Gasteiger partial charge in [-0.15, -0.1) is 0 Å². The minimum atomic E-state index is -4.27. The van der Waals surface area contributed by atoms with Crippen molar-refractivity contribution >= 4 is 21.7 Å². The minimum Gasteiger partial charge on any atom is -0.488 e. The molecule has 0 atom stereocenters. The quantitative estimate of drug-likeness (QED) is 0.577. The highest BCUT2D eigenvalue weighted by molar-refractivity contribution is 7.89. The molecule has 0 aliphatic heterocycles. The van der Waals surface area contributed by atoms with E-state index in [1.165, 1.54) is 0 Å². The first kappa shape index (κ1) is 17.8. The van der Waals surface area contributed by atoms with Gasteiger partial charge in [-0.2, -0.15) is 0 Å². The summed E-state index contributed by atoms with van der Waals surface area (Å²) in [6.07, 6.45) is -0.462.